The lowest BCUT2D eigenvalue weighted by molar-refractivity contribution is 0.0239. The molecule has 1 fully saturated rings. The maximum Gasteiger partial charge on any atom is 0.253 e. The zero-order chi connectivity index (χ0) is 17.8. The molecule has 1 saturated heterocycles. The number of carbonyl (C=O) groups excluding carboxylic acids is 1. The summed E-state index contributed by atoms with van der Waals surface area (Å²) in [5, 5.41) is 10.3. The van der Waals surface area contributed by atoms with Crippen molar-refractivity contribution in [3.05, 3.63) is 65.5 Å². The van der Waals surface area contributed by atoms with E-state index in [2.05, 4.69) is 0 Å². The quantitative estimate of drug-likeness (QED) is 0.929. The number of ether oxygens (including phenoxy) is 1. The van der Waals surface area contributed by atoms with Gasteiger partial charge in [0, 0.05) is 24.6 Å². The highest BCUT2D eigenvalue weighted by molar-refractivity contribution is 5.94. The Labute approximate surface area is 146 Å². The Morgan fingerprint density at radius 3 is 2.64 bits per heavy atom. The minimum Gasteiger partial charge on any atom is -0.497 e. The molecule has 2 aromatic carbocycles. The van der Waals surface area contributed by atoms with E-state index < -0.39 is 6.10 Å². The minimum absolute atomic E-state index is 0.0758. The van der Waals surface area contributed by atoms with Gasteiger partial charge >= 0.3 is 0 Å². The normalized spacial score (nSPS) is 20.4. The predicted molar refractivity (Wildman–Crippen MR) is 93.1 cm³/mol. The van der Waals surface area contributed by atoms with E-state index in [1.807, 2.05) is 0 Å². The molecule has 4 nitrogen and oxygen atoms in total. The fourth-order valence-electron chi connectivity index (χ4n) is 3.27. The highest BCUT2D eigenvalue weighted by atomic mass is 19.1. The van der Waals surface area contributed by atoms with Crippen LogP contribution in [0.1, 0.15) is 22.3 Å². The molecular formula is C20H22FNO3. The lowest BCUT2D eigenvalue weighted by atomic mass is 9.88. The number of aliphatic hydroxyl groups excluding tert-OH is 1. The zero-order valence-corrected chi connectivity index (χ0v) is 14.2. The van der Waals surface area contributed by atoms with Crippen LogP contribution in [-0.4, -0.2) is 42.2 Å². The van der Waals surface area contributed by atoms with Crippen LogP contribution in [0.15, 0.2) is 48.5 Å². The van der Waals surface area contributed by atoms with Gasteiger partial charge in [-0.3, -0.25) is 4.79 Å². The molecule has 2 aromatic rings. The van der Waals surface area contributed by atoms with Crippen molar-refractivity contribution in [2.45, 2.75) is 18.9 Å². The van der Waals surface area contributed by atoms with Crippen LogP contribution in [0.25, 0.3) is 0 Å². The average molecular weight is 343 g/mol. The van der Waals surface area contributed by atoms with Gasteiger partial charge in [-0.1, -0.05) is 18.2 Å². The van der Waals surface area contributed by atoms with Gasteiger partial charge in [-0.05, 0) is 48.7 Å². The molecule has 0 radical (unpaired) electrons. The second kappa shape index (κ2) is 7.66. The molecule has 1 aliphatic heterocycles. The molecule has 2 atom stereocenters. The number of carbonyl (C=O) groups is 1. The van der Waals surface area contributed by atoms with Crippen LogP contribution >= 0.6 is 0 Å². The fraction of sp³-hybridized carbons (Fsp3) is 0.350. The van der Waals surface area contributed by atoms with E-state index in [-0.39, 0.29) is 17.6 Å². The number of hydrogen-bond acceptors (Lipinski definition) is 3. The Hall–Kier alpha value is -2.40. The van der Waals surface area contributed by atoms with Crippen molar-refractivity contribution in [2.24, 2.45) is 5.92 Å². The summed E-state index contributed by atoms with van der Waals surface area (Å²) in [6, 6.07) is 13.6. The number of piperidine rings is 1. The third-order valence-corrected chi connectivity index (χ3v) is 4.76. The Bertz CT molecular complexity index is 732. The van der Waals surface area contributed by atoms with E-state index in [9.17, 15) is 14.3 Å². The van der Waals surface area contributed by atoms with Crippen LogP contribution in [-0.2, 0) is 6.42 Å². The Kier molecular flexibility index (Phi) is 5.34. The van der Waals surface area contributed by atoms with Crippen LogP contribution < -0.4 is 4.74 Å². The molecule has 5 heteroatoms. The van der Waals surface area contributed by atoms with Gasteiger partial charge in [-0.25, -0.2) is 4.39 Å². The molecule has 132 valence electrons. The van der Waals surface area contributed by atoms with Crippen molar-refractivity contribution in [3.8, 4) is 5.75 Å². The minimum atomic E-state index is -0.528. The lowest BCUT2D eigenvalue weighted by Gasteiger charge is -2.36. The largest absolute Gasteiger partial charge is 0.497 e. The average Bonchev–Trinajstić information content (AvgIpc) is 2.65. The summed E-state index contributed by atoms with van der Waals surface area (Å²) in [7, 11) is 1.58. The number of hydrogen-bond donors (Lipinski definition) is 1. The SMILES string of the molecule is COc1ccc(C(=O)N2CC[C@H](O)[C@H](Cc3ccccc3F)C2)cc1. The molecule has 1 heterocycles. The van der Waals surface area contributed by atoms with Crippen molar-refractivity contribution in [3.63, 3.8) is 0 Å². The third-order valence-electron chi connectivity index (χ3n) is 4.76. The van der Waals surface area contributed by atoms with E-state index in [0.29, 0.717) is 42.8 Å². The maximum absolute atomic E-state index is 13.9. The van der Waals surface area contributed by atoms with Crippen LogP contribution in [0.3, 0.4) is 0 Å². The van der Waals surface area contributed by atoms with Crippen LogP contribution in [0.2, 0.25) is 0 Å². The van der Waals surface area contributed by atoms with Gasteiger partial charge in [0.15, 0.2) is 0 Å². The first-order valence-electron chi connectivity index (χ1n) is 8.43. The molecule has 1 N–H and O–H groups in total. The van der Waals surface area contributed by atoms with Crippen molar-refractivity contribution < 1.29 is 19.0 Å². The highest BCUT2D eigenvalue weighted by Gasteiger charge is 2.31. The monoisotopic (exact) mass is 343 g/mol. The van der Waals surface area contributed by atoms with Crippen molar-refractivity contribution >= 4 is 5.91 Å². The molecule has 25 heavy (non-hydrogen) atoms. The van der Waals surface area contributed by atoms with Gasteiger partial charge in [0.1, 0.15) is 11.6 Å². The molecule has 0 aliphatic carbocycles. The Morgan fingerprint density at radius 2 is 1.96 bits per heavy atom. The van der Waals surface area contributed by atoms with E-state index in [0.717, 1.165) is 0 Å². The van der Waals surface area contributed by atoms with Gasteiger partial charge < -0.3 is 14.7 Å². The van der Waals surface area contributed by atoms with E-state index in [1.54, 1.807) is 54.5 Å². The van der Waals surface area contributed by atoms with Crippen molar-refractivity contribution in [2.75, 3.05) is 20.2 Å². The van der Waals surface area contributed by atoms with Gasteiger partial charge in [-0.15, -0.1) is 0 Å². The highest BCUT2D eigenvalue weighted by Crippen LogP contribution is 2.24. The molecule has 1 amide bonds. The summed E-state index contributed by atoms with van der Waals surface area (Å²) < 4.78 is 19.0. The first-order chi connectivity index (χ1) is 12.1. The van der Waals surface area contributed by atoms with Gasteiger partial charge in [-0.2, -0.15) is 0 Å². The summed E-state index contributed by atoms with van der Waals surface area (Å²) in [4.78, 5) is 14.4. The molecule has 3 rings (SSSR count). The first-order valence-corrected chi connectivity index (χ1v) is 8.43. The zero-order valence-electron chi connectivity index (χ0n) is 14.2. The van der Waals surface area contributed by atoms with Crippen molar-refractivity contribution in [1.82, 2.24) is 4.90 Å². The van der Waals surface area contributed by atoms with Gasteiger partial charge in [0.05, 0.1) is 13.2 Å². The first kappa shape index (κ1) is 17.4. The number of likely N-dealkylation sites (tertiary alicyclic amines) is 1. The second-order valence-corrected chi connectivity index (χ2v) is 6.39. The van der Waals surface area contributed by atoms with Crippen LogP contribution in [0.5, 0.6) is 5.75 Å². The predicted octanol–water partition coefficient (Wildman–Crippen LogP) is 2.90. The van der Waals surface area contributed by atoms with Gasteiger partial charge in [0.2, 0.25) is 0 Å². The van der Waals surface area contributed by atoms with Crippen LogP contribution in [0, 0.1) is 11.7 Å². The Balaban J connectivity index is 1.71. The second-order valence-electron chi connectivity index (χ2n) is 6.39. The summed E-state index contributed by atoms with van der Waals surface area (Å²) >= 11 is 0. The molecule has 0 spiro atoms. The number of amides is 1. The van der Waals surface area contributed by atoms with Crippen LogP contribution in [0.4, 0.5) is 4.39 Å². The van der Waals surface area contributed by atoms with Crippen molar-refractivity contribution in [1.29, 1.82) is 0 Å². The number of nitrogens with zero attached hydrogens (tertiary/aromatic N) is 1. The smallest absolute Gasteiger partial charge is 0.253 e. The topological polar surface area (TPSA) is 49.8 Å². The standard InChI is InChI=1S/C20H22FNO3/c1-25-17-8-6-14(7-9-17)20(24)22-11-10-19(23)16(13-22)12-15-4-2-3-5-18(15)21/h2-9,16,19,23H,10-13H2,1H3/t16-,19+/m1/s1. The molecule has 0 saturated carbocycles. The Morgan fingerprint density at radius 1 is 1.24 bits per heavy atom. The summed E-state index contributed by atoms with van der Waals surface area (Å²) in [6.45, 7) is 0.917. The molecule has 0 bridgehead atoms. The summed E-state index contributed by atoms with van der Waals surface area (Å²) in [5.74, 6) is 0.178. The van der Waals surface area contributed by atoms with E-state index in [4.69, 9.17) is 4.74 Å². The third kappa shape index (κ3) is 3.99. The maximum atomic E-state index is 13.9. The summed E-state index contributed by atoms with van der Waals surface area (Å²) in [6.07, 6.45) is 0.390. The molecule has 0 unspecified atom stereocenters. The molecule has 0 aromatic heterocycles. The van der Waals surface area contributed by atoms with E-state index in [1.165, 1.54) is 6.07 Å². The molecule has 1 aliphatic rings. The summed E-state index contributed by atoms with van der Waals surface area (Å²) in [5.41, 5.74) is 1.16. The number of methoxy groups -OCH3 is 1. The molecular weight excluding hydrogens is 321 g/mol. The number of benzene rings is 2. The number of aliphatic hydroxyl groups is 1. The lowest BCUT2D eigenvalue weighted by Crippen LogP contribution is -2.46. The number of rotatable bonds is 4. The van der Waals surface area contributed by atoms with E-state index >= 15 is 0 Å². The fourth-order valence-corrected chi connectivity index (χ4v) is 3.27. The van der Waals surface area contributed by atoms with Gasteiger partial charge in [0.25, 0.3) is 5.91 Å². The number of halogens is 1.